The van der Waals surface area contributed by atoms with E-state index in [2.05, 4.69) is 31.2 Å². The van der Waals surface area contributed by atoms with Gasteiger partial charge in [-0.05, 0) is 38.5 Å². The molecule has 6 nitrogen and oxygen atoms in total. The average molecular weight is 475 g/mol. The van der Waals surface area contributed by atoms with Crippen LogP contribution >= 0.6 is 0 Å². The highest BCUT2D eigenvalue weighted by atomic mass is 16.7. The second-order valence-corrected chi connectivity index (χ2v) is 9.00. The van der Waals surface area contributed by atoms with Crippen LogP contribution in [0.25, 0.3) is 0 Å². The van der Waals surface area contributed by atoms with Crippen molar-refractivity contribution in [1.82, 2.24) is 0 Å². The molecule has 190 valence electrons. The van der Waals surface area contributed by atoms with Gasteiger partial charge in [-0.15, -0.1) is 0 Å². The molecule has 34 heavy (non-hydrogen) atoms. The molecule has 2 rings (SSSR count). The van der Waals surface area contributed by atoms with Crippen LogP contribution < -0.4 is 9.47 Å². The fourth-order valence-electron chi connectivity index (χ4n) is 4.08. The lowest BCUT2D eigenvalue weighted by Crippen LogP contribution is -2.41. The number of aromatic hydroxyl groups is 1. The van der Waals surface area contributed by atoms with Crippen molar-refractivity contribution in [3.63, 3.8) is 0 Å². The number of ether oxygens (including phenoxy) is 3. The van der Waals surface area contributed by atoms with Gasteiger partial charge in [-0.25, -0.2) is 0 Å². The molecule has 0 spiro atoms. The zero-order chi connectivity index (χ0) is 24.7. The van der Waals surface area contributed by atoms with E-state index >= 15 is 0 Å². The van der Waals surface area contributed by atoms with Gasteiger partial charge in [-0.2, -0.15) is 0 Å². The molecule has 1 aromatic carbocycles. The van der Waals surface area contributed by atoms with E-state index in [9.17, 15) is 15.0 Å². The second-order valence-electron chi connectivity index (χ2n) is 9.00. The molecule has 1 unspecified atom stereocenters. The summed E-state index contributed by atoms with van der Waals surface area (Å²) < 4.78 is 15.9. The summed E-state index contributed by atoms with van der Waals surface area (Å²) in [5.41, 5.74) is 0.0921. The maximum Gasteiger partial charge on any atom is 0.215 e. The maximum absolute atomic E-state index is 12.5. The molecule has 0 saturated heterocycles. The van der Waals surface area contributed by atoms with Crippen LogP contribution in [-0.2, 0) is 4.74 Å². The van der Waals surface area contributed by atoms with Gasteiger partial charge in [0.25, 0.3) is 0 Å². The number of fused-ring (bicyclic) bond motifs is 1. The number of aliphatic hydroxyl groups is 1. The summed E-state index contributed by atoms with van der Waals surface area (Å²) in [7, 11) is 1.49. The van der Waals surface area contributed by atoms with Crippen molar-refractivity contribution in [2.45, 2.75) is 96.2 Å². The van der Waals surface area contributed by atoms with Gasteiger partial charge in [0, 0.05) is 25.7 Å². The molecule has 1 aliphatic heterocycles. The monoisotopic (exact) mass is 474 g/mol. The Morgan fingerprint density at radius 2 is 1.68 bits per heavy atom. The van der Waals surface area contributed by atoms with Crippen molar-refractivity contribution in [2.75, 3.05) is 13.9 Å². The van der Waals surface area contributed by atoms with Crippen LogP contribution in [0.3, 0.4) is 0 Å². The average Bonchev–Trinajstić information content (AvgIpc) is 2.79. The number of carbonyl (C=O) groups is 1. The molecule has 0 aliphatic carbocycles. The molecule has 6 heteroatoms. The van der Waals surface area contributed by atoms with Crippen LogP contribution in [0.15, 0.2) is 36.4 Å². The first-order chi connectivity index (χ1) is 16.5. The SMILES string of the molecule is CCCCC/C=C\C/C=C\CCCCCCCC1(O)CC(=O)c2c(O)cc(OCOC)cc2O1. The Balaban J connectivity index is 1.64. The number of hydrogen-bond donors (Lipinski definition) is 2. The van der Waals surface area contributed by atoms with E-state index in [0.717, 1.165) is 44.9 Å². The maximum atomic E-state index is 12.5. The number of rotatable bonds is 17. The van der Waals surface area contributed by atoms with Crippen molar-refractivity contribution in [3.05, 3.63) is 42.0 Å². The number of carbonyl (C=O) groups excluding carboxylic acids is 1. The molecule has 0 saturated carbocycles. The molecule has 0 bridgehead atoms. The molecule has 0 fully saturated rings. The molecule has 0 aromatic heterocycles. The number of hydrogen-bond acceptors (Lipinski definition) is 6. The molecule has 1 aliphatic rings. The Morgan fingerprint density at radius 3 is 2.38 bits per heavy atom. The predicted molar refractivity (Wildman–Crippen MR) is 134 cm³/mol. The normalized spacial score (nSPS) is 17.9. The molecule has 1 heterocycles. The van der Waals surface area contributed by atoms with Gasteiger partial charge in [0.1, 0.15) is 22.8 Å². The first-order valence-electron chi connectivity index (χ1n) is 12.7. The van der Waals surface area contributed by atoms with Crippen molar-refractivity contribution < 1.29 is 29.2 Å². The second kappa shape index (κ2) is 15.6. The Morgan fingerprint density at radius 1 is 1.00 bits per heavy atom. The topological polar surface area (TPSA) is 85.2 Å². The van der Waals surface area contributed by atoms with Crippen LogP contribution in [0, 0.1) is 0 Å². The smallest absolute Gasteiger partial charge is 0.215 e. The number of benzene rings is 1. The predicted octanol–water partition coefficient (Wildman–Crippen LogP) is 6.84. The largest absolute Gasteiger partial charge is 0.507 e. The Kier molecular flexibility index (Phi) is 12.8. The summed E-state index contributed by atoms with van der Waals surface area (Å²) >= 11 is 0. The fourth-order valence-corrected chi connectivity index (χ4v) is 4.08. The van der Waals surface area contributed by atoms with Crippen molar-refractivity contribution in [1.29, 1.82) is 0 Å². The first-order valence-corrected chi connectivity index (χ1v) is 12.7. The van der Waals surface area contributed by atoms with Gasteiger partial charge < -0.3 is 24.4 Å². The fraction of sp³-hybridized carbons (Fsp3) is 0.607. The van der Waals surface area contributed by atoms with Crippen LogP contribution in [0.4, 0.5) is 0 Å². The minimum Gasteiger partial charge on any atom is -0.507 e. The zero-order valence-electron chi connectivity index (χ0n) is 20.9. The van der Waals surface area contributed by atoms with E-state index in [1.54, 1.807) is 0 Å². The molecule has 1 aromatic rings. The molecule has 0 radical (unpaired) electrons. The van der Waals surface area contributed by atoms with Gasteiger partial charge in [0.15, 0.2) is 12.6 Å². The summed E-state index contributed by atoms with van der Waals surface area (Å²) in [5, 5.41) is 21.0. The first kappa shape index (κ1) is 27.9. The van der Waals surface area contributed by atoms with Crippen LogP contribution in [0.1, 0.15) is 101 Å². The van der Waals surface area contributed by atoms with Crippen molar-refractivity contribution in [2.24, 2.45) is 0 Å². The zero-order valence-corrected chi connectivity index (χ0v) is 20.9. The minimum atomic E-state index is -1.55. The Labute approximate surface area is 204 Å². The lowest BCUT2D eigenvalue weighted by Gasteiger charge is -2.33. The number of phenols is 1. The summed E-state index contributed by atoms with van der Waals surface area (Å²) in [4.78, 5) is 12.5. The number of methoxy groups -OCH3 is 1. The standard InChI is InChI=1S/C28H42O6/c1-3-4-5-6-7-8-9-10-11-12-13-14-15-16-17-18-28(31)21-25(30)27-24(29)19-23(33-22-32-2)20-26(27)34-28/h7-8,10-11,19-20,29,31H,3-6,9,12-18,21-22H2,1-2H3/b8-7-,11-10-. The van der Waals surface area contributed by atoms with E-state index in [1.807, 2.05) is 0 Å². The van der Waals surface area contributed by atoms with Gasteiger partial charge in [0.2, 0.25) is 5.79 Å². The Hall–Kier alpha value is -2.31. The van der Waals surface area contributed by atoms with E-state index in [1.165, 1.54) is 44.9 Å². The van der Waals surface area contributed by atoms with Crippen LogP contribution in [-0.4, -0.2) is 35.7 Å². The molecular weight excluding hydrogens is 432 g/mol. The van der Waals surface area contributed by atoms with Gasteiger partial charge in [-0.3, -0.25) is 4.79 Å². The molecule has 2 N–H and O–H groups in total. The molecule has 0 amide bonds. The third-order valence-corrected chi connectivity index (χ3v) is 5.93. The summed E-state index contributed by atoms with van der Waals surface area (Å²) in [6.07, 6.45) is 21.6. The summed E-state index contributed by atoms with van der Waals surface area (Å²) in [6.45, 7) is 2.23. The third kappa shape index (κ3) is 9.90. The van der Waals surface area contributed by atoms with E-state index in [4.69, 9.17) is 14.2 Å². The van der Waals surface area contributed by atoms with Crippen LogP contribution in [0.2, 0.25) is 0 Å². The van der Waals surface area contributed by atoms with Gasteiger partial charge in [0.05, 0.1) is 6.42 Å². The number of ketones is 1. The quantitative estimate of drug-likeness (QED) is 0.146. The highest BCUT2D eigenvalue weighted by molar-refractivity contribution is 6.02. The summed E-state index contributed by atoms with van der Waals surface area (Å²) in [6, 6.07) is 2.86. The van der Waals surface area contributed by atoms with Crippen molar-refractivity contribution in [3.8, 4) is 17.2 Å². The number of phenolic OH excluding ortho intramolecular Hbond substituents is 1. The van der Waals surface area contributed by atoms with E-state index in [-0.39, 0.29) is 36.1 Å². The lowest BCUT2D eigenvalue weighted by molar-refractivity contribution is -0.145. The van der Waals surface area contributed by atoms with Crippen LogP contribution in [0.5, 0.6) is 17.2 Å². The van der Waals surface area contributed by atoms with Gasteiger partial charge in [-0.1, -0.05) is 63.3 Å². The third-order valence-electron chi connectivity index (χ3n) is 5.93. The highest BCUT2D eigenvalue weighted by Crippen LogP contribution is 2.41. The summed E-state index contributed by atoms with van der Waals surface area (Å²) in [5.74, 6) is -1.64. The van der Waals surface area contributed by atoms with E-state index in [0.29, 0.717) is 12.2 Å². The van der Waals surface area contributed by atoms with E-state index < -0.39 is 5.79 Å². The minimum absolute atomic E-state index is 0.00239. The number of unbranched alkanes of at least 4 members (excludes halogenated alkanes) is 8. The van der Waals surface area contributed by atoms with Gasteiger partial charge >= 0.3 is 0 Å². The lowest BCUT2D eigenvalue weighted by atomic mass is 9.93. The number of Topliss-reactive ketones (excluding diaryl/α,β-unsaturated/α-hetero) is 1. The highest BCUT2D eigenvalue weighted by Gasteiger charge is 2.40. The Bertz CT molecular complexity index is 800. The molecular formula is C28H42O6. The molecule has 1 atom stereocenters. The van der Waals surface area contributed by atoms with Crippen molar-refractivity contribution >= 4 is 5.78 Å². The number of allylic oxidation sites excluding steroid dienone is 4.